The molecule has 2 rings (SSSR count). The number of carbonyl (C=O) groups excluding carboxylic acids is 1. The SMILES string of the molecule is CC(=O)Oc1ccc2c(C(=O)O)onc2c1. The molecular formula is C10H7NO5. The largest absolute Gasteiger partial charge is 0.475 e. The van der Waals surface area contributed by atoms with Crippen LogP contribution in [-0.4, -0.2) is 22.2 Å². The van der Waals surface area contributed by atoms with Crippen LogP contribution in [0.1, 0.15) is 17.5 Å². The van der Waals surface area contributed by atoms with Crippen LogP contribution in [0.4, 0.5) is 0 Å². The maximum atomic E-state index is 10.7. The number of carboxylic acid groups (broad SMARTS) is 1. The summed E-state index contributed by atoms with van der Waals surface area (Å²) >= 11 is 0. The van der Waals surface area contributed by atoms with Gasteiger partial charge in [0.05, 0.1) is 5.39 Å². The molecule has 0 fully saturated rings. The average Bonchev–Trinajstić information content (AvgIpc) is 2.59. The zero-order valence-corrected chi connectivity index (χ0v) is 8.26. The van der Waals surface area contributed by atoms with Gasteiger partial charge in [-0.05, 0) is 12.1 Å². The van der Waals surface area contributed by atoms with Crippen molar-refractivity contribution >= 4 is 22.8 Å². The van der Waals surface area contributed by atoms with Crippen LogP contribution in [0.2, 0.25) is 0 Å². The van der Waals surface area contributed by atoms with Gasteiger partial charge in [0.25, 0.3) is 5.76 Å². The summed E-state index contributed by atoms with van der Waals surface area (Å²) in [5.41, 5.74) is 0.330. The molecule has 6 heteroatoms. The Labute approximate surface area is 89.4 Å². The van der Waals surface area contributed by atoms with E-state index >= 15 is 0 Å². The highest BCUT2D eigenvalue weighted by molar-refractivity contribution is 6.00. The van der Waals surface area contributed by atoms with Crippen LogP contribution in [0.25, 0.3) is 10.9 Å². The summed E-state index contributed by atoms with van der Waals surface area (Å²) in [6.07, 6.45) is 0. The molecule has 1 heterocycles. The molecule has 0 spiro atoms. The van der Waals surface area contributed by atoms with Gasteiger partial charge in [-0.25, -0.2) is 4.79 Å². The number of rotatable bonds is 2. The van der Waals surface area contributed by atoms with Gasteiger partial charge < -0.3 is 14.4 Å². The Bertz CT molecular complexity index is 572. The first-order valence-corrected chi connectivity index (χ1v) is 4.39. The fraction of sp³-hybridized carbons (Fsp3) is 0.100. The molecule has 0 atom stereocenters. The summed E-state index contributed by atoms with van der Waals surface area (Å²) in [6.45, 7) is 1.27. The number of aromatic nitrogens is 1. The molecule has 0 saturated carbocycles. The van der Waals surface area contributed by atoms with Gasteiger partial charge in [-0.1, -0.05) is 5.16 Å². The maximum absolute atomic E-state index is 10.7. The molecule has 0 aliphatic rings. The summed E-state index contributed by atoms with van der Waals surface area (Å²) in [6, 6.07) is 4.40. The van der Waals surface area contributed by atoms with Crippen molar-refractivity contribution in [1.82, 2.24) is 5.16 Å². The van der Waals surface area contributed by atoms with Crippen LogP contribution in [0.3, 0.4) is 0 Å². The van der Waals surface area contributed by atoms with Gasteiger partial charge in [0, 0.05) is 13.0 Å². The van der Waals surface area contributed by atoms with Crippen molar-refractivity contribution in [3.05, 3.63) is 24.0 Å². The predicted molar refractivity (Wildman–Crippen MR) is 52.3 cm³/mol. The molecule has 1 aromatic heterocycles. The van der Waals surface area contributed by atoms with Crippen molar-refractivity contribution in [2.75, 3.05) is 0 Å². The Balaban J connectivity index is 2.49. The molecule has 1 aromatic carbocycles. The van der Waals surface area contributed by atoms with Gasteiger partial charge in [-0.2, -0.15) is 0 Å². The van der Waals surface area contributed by atoms with E-state index in [0.29, 0.717) is 16.7 Å². The maximum Gasteiger partial charge on any atom is 0.375 e. The number of carbonyl (C=O) groups is 2. The summed E-state index contributed by atoms with van der Waals surface area (Å²) < 4.78 is 9.47. The number of benzene rings is 1. The molecule has 6 nitrogen and oxygen atoms in total. The van der Waals surface area contributed by atoms with Crippen LogP contribution in [0.5, 0.6) is 5.75 Å². The lowest BCUT2D eigenvalue weighted by Crippen LogP contribution is -2.01. The normalized spacial score (nSPS) is 10.3. The number of ether oxygens (including phenoxy) is 1. The van der Waals surface area contributed by atoms with Gasteiger partial charge in [0.15, 0.2) is 0 Å². The highest BCUT2D eigenvalue weighted by atomic mass is 16.5. The van der Waals surface area contributed by atoms with Crippen molar-refractivity contribution in [3.63, 3.8) is 0 Å². The van der Waals surface area contributed by atoms with E-state index in [1.165, 1.54) is 25.1 Å². The molecular weight excluding hydrogens is 214 g/mol. The molecule has 0 aliphatic carbocycles. The first-order valence-electron chi connectivity index (χ1n) is 4.39. The third-order valence-electron chi connectivity index (χ3n) is 1.90. The van der Waals surface area contributed by atoms with E-state index in [1.54, 1.807) is 0 Å². The van der Waals surface area contributed by atoms with E-state index < -0.39 is 11.9 Å². The zero-order chi connectivity index (χ0) is 11.7. The minimum atomic E-state index is -1.19. The second-order valence-electron chi connectivity index (χ2n) is 3.09. The zero-order valence-electron chi connectivity index (χ0n) is 8.26. The third kappa shape index (κ3) is 1.72. The van der Waals surface area contributed by atoms with Crippen molar-refractivity contribution < 1.29 is 24.0 Å². The van der Waals surface area contributed by atoms with Crippen molar-refractivity contribution in [2.45, 2.75) is 6.92 Å². The third-order valence-corrected chi connectivity index (χ3v) is 1.90. The molecule has 82 valence electrons. The average molecular weight is 221 g/mol. The number of aromatic carboxylic acids is 1. The quantitative estimate of drug-likeness (QED) is 0.609. The van der Waals surface area contributed by atoms with E-state index in [1.807, 2.05) is 0 Å². The van der Waals surface area contributed by atoms with E-state index in [0.717, 1.165) is 0 Å². The highest BCUT2D eigenvalue weighted by Crippen LogP contribution is 2.23. The molecule has 0 unspecified atom stereocenters. The van der Waals surface area contributed by atoms with Gasteiger partial charge >= 0.3 is 11.9 Å². The standard InChI is InChI=1S/C10H7NO5/c1-5(12)15-6-2-3-7-8(4-6)11-16-9(7)10(13)14/h2-4H,1H3,(H,13,14). The number of carboxylic acids is 1. The van der Waals surface area contributed by atoms with E-state index in [2.05, 4.69) is 9.68 Å². The fourth-order valence-electron chi connectivity index (χ4n) is 1.31. The minimum Gasteiger partial charge on any atom is -0.475 e. The number of nitrogens with zero attached hydrogens (tertiary/aromatic N) is 1. The molecule has 0 bridgehead atoms. The number of hydrogen-bond donors (Lipinski definition) is 1. The Morgan fingerprint density at radius 3 is 2.81 bits per heavy atom. The minimum absolute atomic E-state index is 0.232. The molecule has 0 radical (unpaired) electrons. The van der Waals surface area contributed by atoms with Gasteiger partial charge in [0.2, 0.25) is 0 Å². The van der Waals surface area contributed by atoms with Crippen LogP contribution >= 0.6 is 0 Å². The number of fused-ring (bicyclic) bond motifs is 1. The Hall–Kier alpha value is -2.37. The predicted octanol–water partition coefficient (Wildman–Crippen LogP) is 1.45. The van der Waals surface area contributed by atoms with Gasteiger partial charge in [-0.15, -0.1) is 0 Å². The fourth-order valence-corrected chi connectivity index (χ4v) is 1.31. The summed E-state index contributed by atoms with van der Waals surface area (Å²) in [4.78, 5) is 21.4. The molecule has 2 aromatic rings. The Kier molecular flexibility index (Phi) is 2.32. The van der Waals surface area contributed by atoms with E-state index in [4.69, 9.17) is 9.84 Å². The summed E-state index contributed by atoms with van der Waals surface area (Å²) in [5.74, 6) is -1.58. The lowest BCUT2D eigenvalue weighted by molar-refractivity contribution is -0.131. The lowest BCUT2D eigenvalue weighted by atomic mass is 10.2. The molecule has 16 heavy (non-hydrogen) atoms. The Morgan fingerprint density at radius 2 is 2.19 bits per heavy atom. The molecule has 0 aliphatic heterocycles. The van der Waals surface area contributed by atoms with Crippen molar-refractivity contribution in [2.24, 2.45) is 0 Å². The van der Waals surface area contributed by atoms with Crippen LogP contribution in [0, 0.1) is 0 Å². The highest BCUT2D eigenvalue weighted by Gasteiger charge is 2.15. The van der Waals surface area contributed by atoms with E-state index in [9.17, 15) is 9.59 Å². The van der Waals surface area contributed by atoms with Crippen LogP contribution in [0.15, 0.2) is 22.7 Å². The Morgan fingerprint density at radius 1 is 1.44 bits per heavy atom. The first-order chi connectivity index (χ1) is 7.58. The molecule has 0 saturated heterocycles. The van der Waals surface area contributed by atoms with Crippen LogP contribution < -0.4 is 4.74 Å². The van der Waals surface area contributed by atoms with Gasteiger partial charge in [-0.3, -0.25) is 4.79 Å². The van der Waals surface area contributed by atoms with Crippen molar-refractivity contribution in [3.8, 4) is 5.75 Å². The summed E-state index contributed by atoms with van der Waals surface area (Å²) in [5, 5.41) is 12.7. The monoisotopic (exact) mass is 221 g/mol. The lowest BCUT2D eigenvalue weighted by Gasteiger charge is -1.99. The number of hydrogen-bond acceptors (Lipinski definition) is 5. The summed E-state index contributed by atoms with van der Waals surface area (Å²) in [7, 11) is 0. The first kappa shape index (κ1) is 10.2. The second kappa shape index (κ2) is 3.65. The van der Waals surface area contributed by atoms with Crippen molar-refractivity contribution in [1.29, 1.82) is 0 Å². The van der Waals surface area contributed by atoms with Crippen LogP contribution in [-0.2, 0) is 4.79 Å². The van der Waals surface area contributed by atoms with E-state index in [-0.39, 0.29) is 5.76 Å². The second-order valence-corrected chi connectivity index (χ2v) is 3.09. The van der Waals surface area contributed by atoms with Gasteiger partial charge in [0.1, 0.15) is 11.3 Å². The smallest absolute Gasteiger partial charge is 0.375 e. The molecule has 0 amide bonds. The topological polar surface area (TPSA) is 89.6 Å². The number of esters is 1. The molecule has 1 N–H and O–H groups in total.